The van der Waals surface area contributed by atoms with Gasteiger partial charge in [-0.05, 0) is 11.6 Å². The molecule has 2 bridgehead atoms. The lowest BCUT2D eigenvalue weighted by Gasteiger charge is -2.48. The predicted octanol–water partition coefficient (Wildman–Crippen LogP) is 3.61. The fourth-order valence-corrected chi connectivity index (χ4v) is 4.36. The van der Waals surface area contributed by atoms with Gasteiger partial charge in [0.2, 0.25) is 17.1 Å². The molecule has 2 fully saturated rings. The number of nitrogens with one attached hydrogen (secondary N) is 1. The van der Waals surface area contributed by atoms with E-state index < -0.39 is 45.1 Å². The summed E-state index contributed by atoms with van der Waals surface area (Å²) < 4.78 is 11.7. The number of ether oxygens (including phenoxy) is 2. The van der Waals surface area contributed by atoms with E-state index in [1.165, 1.54) is 12.1 Å². The molecule has 4 atom stereocenters. The van der Waals surface area contributed by atoms with Crippen LogP contribution < -0.4 is 0 Å². The van der Waals surface area contributed by atoms with E-state index in [9.17, 15) is 25.9 Å². The van der Waals surface area contributed by atoms with Crippen molar-refractivity contribution in [3.63, 3.8) is 0 Å². The van der Waals surface area contributed by atoms with E-state index >= 15 is 0 Å². The summed E-state index contributed by atoms with van der Waals surface area (Å²) in [4.78, 5) is 10.6. The van der Waals surface area contributed by atoms with Crippen LogP contribution in [0, 0.1) is 66.3 Å². The van der Waals surface area contributed by atoms with Crippen molar-refractivity contribution in [2.75, 3.05) is 0 Å². The molecule has 2 aliphatic heterocycles. The van der Waals surface area contributed by atoms with Gasteiger partial charge in [-0.1, -0.05) is 31.5 Å². The molecule has 10 heteroatoms. The molecule has 142 valence electrons. The van der Waals surface area contributed by atoms with Crippen molar-refractivity contribution in [1.82, 2.24) is 0 Å². The molecule has 1 N–H and O–H groups in total. The van der Waals surface area contributed by atoms with Gasteiger partial charge < -0.3 is 9.47 Å². The first-order valence-electron chi connectivity index (χ1n) is 8.33. The summed E-state index contributed by atoms with van der Waals surface area (Å²) in [6.45, 7) is 3.32. The lowest BCUT2D eigenvalue weighted by atomic mass is 9.53. The molecule has 0 aromatic heterocycles. The Balaban J connectivity index is 2.34. The van der Waals surface area contributed by atoms with Crippen LogP contribution in [0.3, 0.4) is 0 Å². The Bertz CT molecular complexity index is 1010. The van der Waals surface area contributed by atoms with E-state index in [1.54, 1.807) is 13.8 Å². The van der Waals surface area contributed by atoms with Crippen molar-refractivity contribution in [1.29, 1.82) is 21.2 Å². The summed E-state index contributed by atoms with van der Waals surface area (Å²) in [6.07, 6.45) is -1.13. The lowest BCUT2D eigenvalue weighted by molar-refractivity contribution is -0.384. The van der Waals surface area contributed by atoms with E-state index in [1.807, 2.05) is 18.2 Å². The standard InChI is InChI=1S/C18H14ClN5O4/c1-3-18-10(2)17(9-22,15(23)28-18)16(7-20,8-21)14(27-18)11-4-5-12(19)13(6-11)24(25)26/h4-6,10,14,23H,3H2,1-2H3. The van der Waals surface area contributed by atoms with E-state index in [0.717, 1.165) is 6.07 Å². The highest BCUT2D eigenvalue weighted by atomic mass is 35.5. The zero-order valence-corrected chi connectivity index (χ0v) is 15.6. The molecular weight excluding hydrogens is 386 g/mol. The molecule has 0 amide bonds. The second-order valence-corrected chi connectivity index (χ2v) is 7.14. The SMILES string of the molecule is CCC12OC(=N)C(C#N)(C1C)C(C#N)(C#N)C(c1ccc(Cl)c([N+](=O)[O-])c1)O2. The minimum atomic E-state index is -2.16. The monoisotopic (exact) mass is 399 g/mol. The summed E-state index contributed by atoms with van der Waals surface area (Å²) in [7, 11) is 0. The summed E-state index contributed by atoms with van der Waals surface area (Å²) in [6, 6.07) is 9.49. The first-order chi connectivity index (χ1) is 13.2. The maximum Gasteiger partial charge on any atom is 0.288 e. The van der Waals surface area contributed by atoms with Crippen molar-refractivity contribution in [3.8, 4) is 18.2 Å². The number of hydrogen-bond acceptors (Lipinski definition) is 8. The molecule has 0 radical (unpaired) electrons. The average Bonchev–Trinajstić information content (AvgIpc) is 2.84. The van der Waals surface area contributed by atoms with Gasteiger partial charge in [0.1, 0.15) is 11.1 Å². The van der Waals surface area contributed by atoms with Crippen LogP contribution in [0.2, 0.25) is 5.02 Å². The fraction of sp³-hybridized carbons (Fsp3) is 0.444. The smallest absolute Gasteiger partial charge is 0.288 e. The molecule has 1 aromatic rings. The summed E-state index contributed by atoms with van der Waals surface area (Å²) >= 11 is 5.87. The molecule has 28 heavy (non-hydrogen) atoms. The number of rotatable bonds is 3. The van der Waals surface area contributed by atoms with Gasteiger partial charge in [0.05, 0.1) is 29.0 Å². The Morgan fingerprint density at radius 2 is 1.96 bits per heavy atom. The largest absolute Gasteiger partial charge is 0.447 e. The Hall–Kier alpha value is -3.19. The van der Waals surface area contributed by atoms with Crippen molar-refractivity contribution < 1.29 is 14.4 Å². The van der Waals surface area contributed by atoms with Gasteiger partial charge in [-0.2, -0.15) is 15.8 Å². The van der Waals surface area contributed by atoms with Gasteiger partial charge >= 0.3 is 0 Å². The Morgan fingerprint density at radius 3 is 2.46 bits per heavy atom. The van der Waals surface area contributed by atoms with Gasteiger partial charge in [0, 0.05) is 12.5 Å². The van der Waals surface area contributed by atoms with Crippen LogP contribution in [0.1, 0.15) is 31.9 Å². The third-order valence-electron chi connectivity index (χ3n) is 5.77. The minimum absolute atomic E-state index is 0.121. The Morgan fingerprint density at radius 1 is 1.32 bits per heavy atom. The number of fused-ring (bicyclic) bond motifs is 2. The van der Waals surface area contributed by atoms with Crippen LogP contribution in [0.25, 0.3) is 0 Å². The normalized spacial score (nSPS) is 32.5. The molecule has 1 aromatic carbocycles. The molecule has 0 saturated carbocycles. The van der Waals surface area contributed by atoms with Gasteiger partial charge in [-0.25, -0.2) is 0 Å². The van der Waals surface area contributed by atoms with E-state index in [2.05, 4.69) is 0 Å². The predicted molar refractivity (Wildman–Crippen MR) is 94.6 cm³/mol. The second-order valence-electron chi connectivity index (χ2n) is 6.74. The second kappa shape index (κ2) is 6.17. The number of hydrogen-bond donors (Lipinski definition) is 1. The van der Waals surface area contributed by atoms with Crippen LogP contribution in [0.15, 0.2) is 18.2 Å². The molecule has 4 unspecified atom stereocenters. The van der Waals surface area contributed by atoms with Gasteiger partial charge in [0.15, 0.2) is 5.41 Å². The zero-order valence-electron chi connectivity index (χ0n) is 14.9. The number of nitro benzene ring substituents is 1. The van der Waals surface area contributed by atoms with Gasteiger partial charge in [-0.15, -0.1) is 0 Å². The third kappa shape index (κ3) is 2.05. The van der Waals surface area contributed by atoms with Crippen LogP contribution in [0.4, 0.5) is 5.69 Å². The molecular formula is C18H14ClN5O4. The molecule has 0 spiro atoms. The summed E-state index contributed by atoms with van der Waals surface area (Å²) in [5.74, 6) is -2.72. The topological polar surface area (TPSA) is 157 Å². The molecule has 2 saturated heterocycles. The van der Waals surface area contributed by atoms with Gasteiger partial charge in [0.25, 0.3) is 5.69 Å². The molecule has 0 aliphatic carbocycles. The summed E-state index contributed by atoms with van der Waals surface area (Å²) in [5, 5.41) is 49.5. The first kappa shape index (κ1) is 19.6. The van der Waals surface area contributed by atoms with E-state index in [-0.39, 0.29) is 17.0 Å². The van der Waals surface area contributed by atoms with Crippen molar-refractivity contribution in [3.05, 3.63) is 38.9 Å². The van der Waals surface area contributed by atoms with Crippen molar-refractivity contribution in [2.24, 2.45) is 16.7 Å². The Labute approximate surface area is 165 Å². The minimum Gasteiger partial charge on any atom is -0.447 e. The van der Waals surface area contributed by atoms with Crippen LogP contribution in [-0.4, -0.2) is 16.6 Å². The number of nitrogens with zero attached hydrogens (tertiary/aromatic N) is 4. The number of halogens is 1. The molecule has 2 aliphatic rings. The fourth-order valence-electron chi connectivity index (χ4n) is 4.18. The van der Waals surface area contributed by atoms with Crippen molar-refractivity contribution >= 4 is 23.2 Å². The molecule has 9 nitrogen and oxygen atoms in total. The highest BCUT2D eigenvalue weighted by Gasteiger charge is 2.78. The average molecular weight is 400 g/mol. The lowest BCUT2D eigenvalue weighted by Crippen LogP contribution is -2.58. The number of benzene rings is 1. The summed E-state index contributed by atoms with van der Waals surface area (Å²) in [5.41, 5.74) is -4.35. The first-order valence-corrected chi connectivity index (χ1v) is 8.71. The van der Waals surface area contributed by atoms with E-state index in [0.29, 0.717) is 0 Å². The quantitative estimate of drug-likeness (QED) is 0.600. The van der Waals surface area contributed by atoms with Crippen LogP contribution >= 0.6 is 11.6 Å². The highest BCUT2D eigenvalue weighted by molar-refractivity contribution is 6.32. The maximum atomic E-state index is 11.3. The number of nitriles is 3. The maximum absolute atomic E-state index is 11.3. The highest BCUT2D eigenvalue weighted by Crippen LogP contribution is 2.67. The number of nitro groups is 1. The van der Waals surface area contributed by atoms with Crippen molar-refractivity contribution in [2.45, 2.75) is 32.2 Å². The third-order valence-corrected chi connectivity index (χ3v) is 6.09. The van der Waals surface area contributed by atoms with Crippen LogP contribution in [0.5, 0.6) is 0 Å². The zero-order chi connectivity index (χ0) is 20.9. The van der Waals surface area contributed by atoms with Crippen LogP contribution in [-0.2, 0) is 9.47 Å². The Kier molecular flexibility index (Phi) is 4.31. The van der Waals surface area contributed by atoms with Gasteiger partial charge in [-0.3, -0.25) is 15.5 Å². The van der Waals surface area contributed by atoms with E-state index in [4.69, 9.17) is 26.5 Å². The molecule has 2 heterocycles. The molecule has 3 rings (SSSR count).